The van der Waals surface area contributed by atoms with Gasteiger partial charge in [0.2, 0.25) is 0 Å². The van der Waals surface area contributed by atoms with Crippen LogP contribution >= 0.6 is 0 Å². The molecule has 1 atom stereocenters. The Morgan fingerprint density at radius 1 is 1.09 bits per heavy atom. The molecule has 4 nitrogen and oxygen atoms in total. The summed E-state index contributed by atoms with van der Waals surface area (Å²) in [6.07, 6.45) is 1.01. The fraction of sp³-hybridized carbons (Fsp3) is 0.368. The van der Waals surface area contributed by atoms with E-state index < -0.39 is 0 Å². The van der Waals surface area contributed by atoms with Crippen molar-refractivity contribution in [1.82, 2.24) is 4.90 Å². The van der Waals surface area contributed by atoms with E-state index in [1.165, 1.54) is 11.1 Å². The van der Waals surface area contributed by atoms with Crippen LogP contribution in [0.3, 0.4) is 0 Å². The molecule has 1 heterocycles. The SMILES string of the molecule is COc1cc(CN2CCc3ccccc3C2CO)cc(OC)c1. The third-order valence-corrected chi connectivity index (χ3v) is 4.49. The minimum absolute atomic E-state index is 0.0390. The summed E-state index contributed by atoms with van der Waals surface area (Å²) < 4.78 is 10.7. The summed E-state index contributed by atoms with van der Waals surface area (Å²) in [5, 5.41) is 9.90. The van der Waals surface area contributed by atoms with Crippen molar-refractivity contribution in [2.75, 3.05) is 27.4 Å². The molecule has 2 aromatic rings. The molecule has 3 rings (SSSR count). The first kappa shape index (κ1) is 15.8. The molecule has 0 spiro atoms. The van der Waals surface area contributed by atoms with Gasteiger partial charge in [0.25, 0.3) is 0 Å². The average Bonchev–Trinajstić information content (AvgIpc) is 2.61. The van der Waals surface area contributed by atoms with E-state index >= 15 is 0 Å². The maximum atomic E-state index is 9.90. The Morgan fingerprint density at radius 2 is 1.78 bits per heavy atom. The predicted octanol–water partition coefficient (Wildman–Crippen LogP) is 2.80. The van der Waals surface area contributed by atoms with Crippen LogP contribution < -0.4 is 9.47 Å². The van der Waals surface area contributed by atoms with Gasteiger partial charge in [-0.3, -0.25) is 4.90 Å². The lowest BCUT2D eigenvalue weighted by Gasteiger charge is -2.36. The molecule has 4 heteroatoms. The van der Waals surface area contributed by atoms with Gasteiger partial charge in [-0.1, -0.05) is 24.3 Å². The zero-order chi connectivity index (χ0) is 16.2. The highest BCUT2D eigenvalue weighted by atomic mass is 16.5. The fourth-order valence-corrected chi connectivity index (χ4v) is 3.30. The number of hydrogen-bond donors (Lipinski definition) is 1. The van der Waals surface area contributed by atoms with Gasteiger partial charge in [-0.25, -0.2) is 0 Å². The lowest BCUT2D eigenvalue weighted by Crippen LogP contribution is -2.36. The summed E-state index contributed by atoms with van der Waals surface area (Å²) in [6, 6.07) is 14.3. The molecule has 0 bridgehead atoms. The summed E-state index contributed by atoms with van der Waals surface area (Å²) in [6.45, 7) is 1.81. The Kier molecular flexibility index (Phi) is 4.84. The van der Waals surface area contributed by atoms with Crippen LogP contribution in [-0.4, -0.2) is 37.4 Å². The highest BCUT2D eigenvalue weighted by molar-refractivity contribution is 5.39. The number of nitrogens with zero attached hydrogens (tertiary/aromatic N) is 1. The van der Waals surface area contributed by atoms with Crippen LogP contribution in [0.15, 0.2) is 42.5 Å². The first-order chi connectivity index (χ1) is 11.2. The van der Waals surface area contributed by atoms with Crippen LogP contribution in [0, 0.1) is 0 Å². The summed E-state index contributed by atoms with van der Waals surface area (Å²) in [7, 11) is 3.32. The van der Waals surface area contributed by atoms with Crippen LogP contribution in [0.2, 0.25) is 0 Å². The van der Waals surface area contributed by atoms with Gasteiger partial charge < -0.3 is 14.6 Å². The molecule has 0 aliphatic carbocycles. The topological polar surface area (TPSA) is 41.9 Å². The highest BCUT2D eigenvalue weighted by Crippen LogP contribution is 2.32. The van der Waals surface area contributed by atoms with Gasteiger partial charge in [-0.15, -0.1) is 0 Å². The number of methoxy groups -OCH3 is 2. The summed E-state index contributed by atoms with van der Waals surface area (Å²) >= 11 is 0. The second kappa shape index (κ2) is 7.02. The Balaban J connectivity index is 1.85. The first-order valence-corrected chi connectivity index (χ1v) is 7.90. The minimum atomic E-state index is 0.0390. The van der Waals surface area contributed by atoms with E-state index in [0.29, 0.717) is 0 Å². The zero-order valence-corrected chi connectivity index (χ0v) is 13.7. The van der Waals surface area contributed by atoms with Gasteiger partial charge in [-0.05, 0) is 35.2 Å². The number of fused-ring (bicyclic) bond motifs is 1. The standard InChI is InChI=1S/C19H23NO3/c1-22-16-9-14(10-17(11-16)23-2)12-20-8-7-15-5-3-4-6-18(15)19(20)13-21/h3-6,9-11,19,21H,7-8,12-13H2,1-2H3. The third-order valence-electron chi connectivity index (χ3n) is 4.49. The van der Waals surface area contributed by atoms with Crippen molar-refractivity contribution in [2.45, 2.75) is 19.0 Å². The van der Waals surface area contributed by atoms with Gasteiger partial charge in [-0.2, -0.15) is 0 Å². The van der Waals surface area contributed by atoms with E-state index in [9.17, 15) is 5.11 Å². The van der Waals surface area contributed by atoms with Crippen LogP contribution in [0.1, 0.15) is 22.7 Å². The zero-order valence-electron chi connectivity index (χ0n) is 13.7. The molecule has 23 heavy (non-hydrogen) atoms. The predicted molar refractivity (Wildman–Crippen MR) is 89.9 cm³/mol. The lowest BCUT2D eigenvalue weighted by molar-refractivity contribution is 0.108. The van der Waals surface area contributed by atoms with Gasteiger partial charge in [0.1, 0.15) is 11.5 Å². The highest BCUT2D eigenvalue weighted by Gasteiger charge is 2.26. The molecular weight excluding hydrogens is 290 g/mol. The molecule has 0 fully saturated rings. The average molecular weight is 313 g/mol. The molecule has 1 aliphatic heterocycles. The Labute approximate surface area is 137 Å². The second-order valence-corrected chi connectivity index (χ2v) is 5.84. The Bertz CT molecular complexity index is 649. The van der Waals surface area contributed by atoms with E-state index in [4.69, 9.17) is 9.47 Å². The Hall–Kier alpha value is -2.04. The molecular formula is C19H23NO3. The van der Waals surface area contributed by atoms with E-state index in [-0.39, 0.29) is 12.6 Å². The third kappa shape index (κ3) is 3.33. The van der Waals surface area contributed by atoms with Crippen molar-refractivity contribution in [1.29, 1.82) is 0 Å². The van der Waals surface area contributed by atoms with Crippen molar-refractivity contribution >= 4 is 0 Å². The first-order valence-electron chi connectivity index (χ1n) is 7.90. The molecule has 1 unspecified atom stereocenters. The molecule has 1 N–H and O–H groups in total. The second-order valence-electron chi connectivity index (χ2n) is 5.84. The Morgan fingerprint density at radius 3 is 2.43 bits per heavy atom. The monoisotopic (exact) mass is 313 g/mol. The van der Waals surface area contributed by atoms with Crippen molar-refractivity contribution in [3.05, 3.63) is 59.2 Å². The van der Waals surface area contributed by atoms with Gasteiger partial charge >= 0.3 is 0 Å². The summed E-state index contributed by atoms with van der Waals surface area (Å²) in [4.78, 5) is 2.32. The van der Waals surface area contributed by atoms with Crippen molar-refractivity contribution < 1.29 is 14.6 Å². The normalized spacial score (nSPS) is 17.6. The van der Waals surface area contributed by atoms with Crippen LogP contribution in [0.4, 0.5) is 0 Å². The lowest BCUT2D eigenvalue weighted by atomic mass is 9.92. The van der Waals surface area contributed by atoms with E-state index in [2.05, 4.69) is 23.1 Å². The molecule has 0 saturated heterocycles. The van der Waals surface area contributed by atoms with Gasteiger partial charge in [0, 0.05) is 19.2 Å². The van der Waals surface area contributed by atoms with Crippen LogP contribution in [-0.2, 0) is 13.0 Å². The maximum Gasteiger partial charge on any atom is 0.122 e. The largest absolute Gasteiger partial charge is 0.497 e. The fourth-order valence-electron chi connectivity index (χ4n) is 3.30. The van der Waals surface area contributed by atoms with Gasteiger partial charge in [0.15, 0.2) is 0 Å². The molecule has 0 saturated carbocycles. The minimum Gasteiger partial charge on any atom is -0.497 e. The maximum absolute atomic E-state index is 9.90. The van der Waals surface area contributed by atoms with Crippen molar-refractivity contribution in [2.24, 2.45) is 0 Å². The number of aliphatic hydroxyl groups excluding tert-OH is 1. The summed E-state index contributed by atoms with van der Waals surface area (Å²) in [5.74, 6) is 1.58. The quantitative estimate of drug-likeness (QED) is 0.922. The smallest absolute Gasteiger partial charge is 0.122 e. The van der Waals surface area contributed by atoms with E-state index in [1.807, 2.05) is 24.3 Å². The molecule has 0 aromatic heterocycles. The van der Waals surface area contributed by atoms with Crippen molar-refractivity contribution in [3.63, 3.8) is 0 Å². The number of ether oxygens (including phenoxy) is 2. The molecule has 122 valence electrons. The van der Waals surface area contributed by atoms with E-state index in [0.717, 1.165) is 36.6 Å². The molecule has 1 aliphatic rings. The van der Waals surface area contributed by atoms with Crippen molar-refractivity contribution in [3.8, 4) is 11.5 Å². The number of hydrogen-bond acceptors (Lipinski definition) is 4. The molecule has 2 aromatic carbocycles. The molecule has 0 radical (unpaired) electrons. The van der Waals surface area contributed by atoms with Gasteiger partial charge in [0.05, 0.1) is 26.9 Å². The van der Waals surface area contributed by atoms with Crippen LogP contribution in [0.5, 0.6) is 11.5 Å². The van der Waals surface area contributed by atoms with E-state index in [1.54, 1.807) is 14.2 Å². The number of rotatable bonds is 5. The summed E-state index contributed by atoms with van der Waals surface area (Å²) in [5.41, 5.74) is 3.70. The van der Waals surface area contributed by atoms with Crippen LogP contribution in [0.25, 0.3) is 0 Å². The number of aliphatic hydroxyl groups is 1. The number of benzene rings is 2. The molecule has 0 amide bonds.